The van der Waals surface area contributed by atoms with E-state index in [9.17, 15) is 23.1 Å². The number of carbonyl (C=O) groups excluding carboxylic acids is 1. The zero-order chi connectivity index (χ0) is 27.3. The lowest BCUT2D eigenvalue weighted by molar-refractivity contribution is -0.142. The van der Waals surface area contributed by atoms with Crippen LogP contribution in [0.3, 0.4) is 0 Å². The van der Waals surface area contributed by atoms with Crippen molar-refractivity contribution in [2.45, 2.75) is 37.2 Å². The third kappa shape index (κ3) is 6.20. The number of amides is 1. The van der Waals surface area contributed by atoms with Crippen molar-refractivity contribution < 1.29 is 32.6 Å². The number of likely N-dealkylation sites (N-methyl/N-ethyl adjacent to an activating group) is 1. The van der Waals surface area contributed by atoms with Gasteiger partial charge in [-0.1, -0.05) is 56.3 Å². The molecule has 1 amide bonds. The summed E-state index contributed by atoms with van der Waals surface area (Å²) in [5, 5.41) is 14.4. The first-order chi connectivity index (χ1) is 17.5. The maximum absolute atomic E-state index is 13.4. The summed E-state index contributed by atoms with van der Waals surface area (Å²) in [5.74, 6) is -1.77. The lowest BCUT2D eigenvalue weighted by Gasteiger charge is -2.30. The van der Waals surface area contributed by atoms with Crippen LogP contribution in [0.2, 0.25) is 0 Å². The van der Waals surface area contributed by atoms with E-state index in [-0.39, 0.29) is 17.1 Å². The molecule has 0 spiro atoms. The lowest BCUT2D eigenvalue weighted by Crippen LogP contribution is -2.54. The predicted octanol–water partition coefficient (Wildman–Crippen LogP) is 3.31. The van der Waals surface area contributed by atoms with Crippen molar-refractivity contribution >= 4 is 32.7 Å². The van der Waals surface area contributed by atoms with Crippen molar-refractivity contribution in [1.82, 2.24) is 9.62 Å². The number of sulfonamides is 1. The molecule has 0 aliphatic rings. The van der Waals surface area contributed by atoms with Gasteiger partial charge in [-0.2, -0.15) is 4.31 Å². The van der Waals surface area contributed by atoms with E-state index in [2.05, 4.69) is 5.32 Å². The highest BCUT2D eigenvalue weighted by Gasteiger charge is 2.37. The zero-order valence-corrected chi connectivity index (χ0v) is 22.3. The van der Waals surface area contributed by atoms with E-state index in [0.717, 1.165) is 20.6 Å². The van der Waals surface area contributed by atoms with Gasteiger partial charge in [0.25, 0.3) is 0 Å². The van der Waals surface area contributed by atoms with E-state index >= 15 is 0 Å². The number of nitrogens with one attached hydrogen (secondary N) is 1. The SMILES string of the molecule is COc1ccc(S(=O)(=O)N(C)[C@H](C(=O)N[C@@H](Cc2ccc3ccccc3c2)C(=O)O)C(C)C)cc1OC. The molecule has 9 nitrogen and oxygen atoms in total. The number of carboxylic acids is 1. The quantitative estimate of drug-likeness (QED) is 0.392. The predicted molar refractivity (Wildman–Crippen MR) is 140 cm³/mol. The molecule has 0 fully saturated rings. The van der Waals surface area contributed by atoms with Gasteiger partial charge in [0.1, 0.15) is 12.1 Å². The van der Waals surface area contributed by atoms with E-state index in [4.69, 9.17) is 9.47 Å². The van der Waals surface area contributed by atoms with Gasteiger partial charge in [-0.3, -0.25) is 4.79 Å². The van der Waals surface area contributed by atoms with Crippen LogP contribution in [-0.2, 0) is 26.0 Å². The molecule has 10 heteroatoms. The molecule has 0 aliphatic heterocycles. The average molecular weight is 529 g/mol. The Labute approximate surface area is 217 Å². The monoisotopic (exact) mass is 528 g/mol. The molecule has 0 heterocycles. The second-order valence-electron chi connectivity index (χ2n) is 9.01. The third-order valence-corrected chi connectivity index (χ3v) is 8.03. The summed E-state index contributed by atoms with van der Waals surface area (Å²) in [6.45, 7) is 3.40. The highest BCUT2D eigenvalue weighted by Crippen LogP contribution is 2.31. The molecule has 3 aromatic rings. The molecule has 0 aromatic heterocycles. The molecule has 37 heavy (non-hydrogen) atoms. The van der Waals surface area contributed by atoms with E-state index in [1.54, 1.807) is 13.8 Å². The number of hydrogen-bond acceptors (Lipinski definition) is 6. The summed E-state index contributed by atoms with van der Waals surface area (Å²) in [6, 6.07) is 15.0. The molecule has 3 aromatic carbocycles. The van der Waals surface area contributed by atoms with Gasteiger partial charge in [0.05, 0.1) is 19.1 Å². The number of hydrogen-bond donors (Lipinski definition) is 2. The fourth-order valence-corrected chi connectivity index (χ4v) is 5.71. The van der Waals surface area contributed by atoms with Gasteiger partial charge in [0, 0.05) is 19.5 Å². The molecular weight excluding hydrogens is 496 g/mol. The third-order valence-electron chi connectivity index (χ3n) is 6.19. The number of rotatable bonds is 11. The van der Waals surface area contributed by atoms with Crippen LogP contribution in [0.1, 0.15) is 19.4 Å². The molecule has 0 bridgehead atoms. The number of methoxy groups -OCH3 is 2. The summed E-state index contributed by atoms with van der Waals surface area (Å²) in [7, 11) is -0.00322. The second kappa shape index (κ2) is 11.6. The van der Waals surface area contributed by atoms with Crippen molar-refractivity contribution in [2.24, 2.45) is 5.92 Å². The van der Waals surface area contributed by atoms with Crippen LogP contribution in [0.4, 0.5) is 0 Å². The lowest BCUT2D eigenvalue weighted by atomic mass is 10.00. The van der Waals surface area contributed by atoms with Crippen molar-refractivity contribution in [3.63, 3.8) is 0 Å². The highest BCUT2D eigenvalue weighted by molar-refractivity contribution is 7.89. The molecular formula is C27H32N2O7S. The Hall–Kier alpha value is -3.63. The first-order valence-electron chi connectivity index (χ1n) is 11.7. The largest absolute Gasteiger partial charge is 0.493 e. The molecule has 2 atom stereocenters. The van der Waals surface area contributed by atoms with Gasteiger partial charge in [-0.25, -0.2) is 13.2 Å². The molecule has 0 saturated heterocycles. The number of ether oxygens (including phenoxy) is 2. The summed E-state index contributed by atoms with van der Waals surface area (Å²) in [5.41, 5.74) is 0.735. The van der Waals surface area contributed by atoms with Crippen molar-refractivity contribution in [2.75, 3.05) is 21.3 Å². The Kier molecular flexibility index (Phi) is 8.77. The average Bonchev–Trinajstić information content (AvgIpc) is 2.87. The number of fused-ring (bicyclic) bond motifs is 1. The van der Waals surface area contributed by atoms with Crippen molar-refractivity contribution in [1.29, 1.82) is 0 Å². The number of aliphatic carboxylic acids is 1. The summed E-state index contributed by atoms with van der Waals surface area (Å²) >= 11 is 0. The number of carboxylic acid groups (broad SMARTS) is 1. The summed E-state index contributed by atoms with van der Waals surface area (Å²) < 4.78 is 38.2. The van der Waals surface area contributed by atoms with Gasteiger partial charge in [0.2, 0.25) is 15.9 Å². The first-order valence-corrected chi connectivity index (χ1v) is 13.1. The van der Waals surface area contributed by atoms with Crippen LogP contribution < -0.4 is 14.8 Å². The van der Waals surface area contributed by atoms with E-state index in [1.165, 1.54) is 39.5 Å². The van der Waals surface area contributed by atoms with Crippen LogP contribution in [0, 0.1) is 5.92 Å². The normalized spacial score (nSPS) is 13.4. The number of benzene rings is 3. The molecule has 198 valence electrons. The van der Waals surface area contributed by atoms with Gasteiger partial charge < -0.3 is 19.9 Å². The Bertz CT molecular complexity index is 1390. The maximum atomic E-state index is 13.4. The summed E-state index contributed by atoms with van der Waals surface area (Å²) in [6.07, 6.45) is 0.0445. The Morgan fingerprint density at radius 1 is 0.946 bits per heavy atom. The Morgan fingerprint density at radius 2 is 1.59 bits per heavy atom. The first kappa shape index (κ1) is 27.9. The van der Waals surface area contributed by atoms with Crippen LogP contribution >= 0.6 is 0 Å². The van der Waals surface area contributed by atoms with E-state index in [0.29, 0.717) is 5.75 Å². The van der Waals surface area contributed by atoms with Crippen molar-refractivity contribution in [3.8, 4) is 11.5 Å². The van der Waals surface area contributed by atoms with E-state index < -0.39 is 39.9 Å². The van der Waals surface area contributed by atoms with Gasteiger partial charge in [-0.05, 0) is 34.4 Å². The molecule has 0 unspecified atom stereocenters. The van der Waals surface area contributed by atoms with Crippen LogP contribution in [0.5, 0.6) is 11.5 Å². The fourth-order valence-electron chi connectivity index (χ4n) is 4.24. The number of nitrogens with zero attached hydrogens (tertiary/aromatic N) is 1. The molecule has 0 radical (unpaired) electrons. The van der Waals surface area contributed by atoms with Gasteiger partial charge in [0.15, 0.2) is 11.5 Å². The van der Waals surface area contributed by atoms with Crippen LogP contribution in [-0.4, -0.2) is 63.1 Å². The smallest absolute Gasteiger partial charge is 0.326 e. The van der Waals surface area contributed by atoms with Gasteiger partial charge in [-0.15, -0.1) is 0 Å². The van der Waals surface area contributed by atoms with E-state index in [1.807, 2.05) is 42.5 Å². The molecule has 0 aliphatic carbocycles. The molecule has 2 N–H and O–H groups in total. The van der Waals surface area contributed by atoms with Crippen LogP contribution in [0.25, 0.3) is 10.8 Å². The van der Waals surface area contributed by atoms with Crippen molar-refractivity contribution in [3.05, 3.63) is 66.2 Å². The topological polar surface area (TPSA) is 122 Å². The highest BCUT2D eigenvalue weighted by atomic mass is 32.2. The number of carbonyl (C=O) groups is 2. The summed E-state index contributed by atoms with van der Waals surface area (Å²) in [4.78, 5) is 25.3. The minimum atomic E-state index is -4.14. The Balaban J connectivity index is 1.85. The minimum absolute atomic E-state index is 0.0445. The standard InChI is InChI=1S/C27H32N2O7S/c1-17(2)25(29(3)37(33,34)21-12-13-23(35-4)24(16-21)36-5)26(30)28-22(27(31)32)15-18-10-11-19-8-6-7-9-20(19)14-18/h6-14,16-17,22,25H,15H2,1-5H3,(H,28,30)(H,31,32)/t22-,25-/m0/s1. The molecule has 0 saturated carbocycles. The van der Waals surface area contributed by atoms with Gasteiger partial charge >= 0.3 is 5.97 Å². The minimum Gasteiger partial charge on any atom is -0.493 e. The fraction of sp³-hybridized carbons (Fsp3) is 0.333. The maximum Gasteiger partial charge on any atom is 0.326 e. The molecule has 3 rings (SSSR count). The second-order valence-corrected chi connectivity index (χ2v) is 11.0. The van der Waals surface area contributed by atoms with Crippen LogP contribution in [0.15, 0.2) is 65.6 Å². The Morgan fingerprint density at radius 3 is 2.19 bits per heavy atom. The zero-order valence-electron chi connectivity index (χ0n) is 21.5.